The summed E-state index contributed by atoms with van der Waals surface area (Å²) in [6.07, 6.45) is 82.5. The zero-order valence-corrected chi connectivity index (χ0v) is 46.0. The minimum Gasteiger partial charge on any atom is -0.462 e. The molecule has 0 aromatic carbocycles. The molecule has 1 unspecified atom stereocenters. The third kappa shape index (κ3) is 57.1. The second-order valence-corrected chi connectivity index (χ2v) is 19.2. The highest BCUT2D eigenvalue weighted by atomic mass is 16.6. The third-order valence-electron chi connectivity index (χ3n) is 12.3. The Morgan fingerprint density at radius 1 is 0.329 bits per heavy atom. The quantitative estimate of drug-likeness (QED) is 0.0345. The van der Waals surface area contributed by atoms with Crippen molar-refractivity contribution >= 4 is 11.9 Å². The standard InChI is InChI=1S/C65H110O5/c1-4-7-10-13-16-19-22-25-28-31-33-35-37-40-43-46-49-52-55-58-64(66)69-62-63(61-68-60-57-54-51-48-45-42-39-30-27-24-21-18-15-12-9-6-3)70-65(67)59-56-53-50-47-44-41-38-36-34-32-29-26-23-20-17-14-11-8-5-2/h7,10,16-21,25-30,33,35,40,43,63H,4-6,8-9,11-15,22-24,31-32,34,36-39,41-42,44-62H2,1-3H3/b10-7-,19-16-,20-17-,21-18-,28-25-,29-26-,30-27-,35-33-,43-40-. The molecule has 0 amide bonds. The van der Waals surface area contributed by atoms with E-state index in [1.807, 2.05) is 0 Å². The molecule has 1 atom stereocenters. The summed E-state index contributed by atoms with van der Waals surface area (Å²) in [6, 6.07) is 0. The van der Waals surface area contributed by atoms with Gasteiger partial charge in [-0.2, -0.15) is 0 Å². The normalized spacial score (nSPS) is 13.0. The molecule has 0 aromatic heterocycles. The first kappa shape index (κ1) is 66.6. The van der Waals surface area contributed by atoms with Gasteiger partial charge in [0.05, 0.1) is 6.61 Å². The Balaban J connectivity index is 4.38. The lowest BCUT2D eigenvalue weighted by Gasteiger charge is -2.18. The van der Waals surface area contributed by atoms with E-state index in [4.69, 9.17) is 14.2 Å². The maximum Gasteiger partial charge on any atom is 0.306 e. The summed E-state index contributed by atoms with van der Waals surface area (Å²) in [5.74, 6) is -0.445. The fourth-order valence-corrected chi connectivity index (χ4v) is 7.89. The fraction of sp³-hybridized carbons (Fsp3) is 0.692. The number of carbonyl (C=O) groups excluding carboxylic acids is 2. The van der Waals surface area contributed by atoms with E-state index in [-0.39, 0.29) is 25.2 Å². The van der Waals surface area contributed by atoms with Crippen LogP contribution >= 0.6 is 0 Å². The number of hydrogen-bond donors (Lipinski definition) is 0. The molecule has 0 bridgehead atoms. The summed E-state index contributed by atoms with van der Waals surface area (Å²) in [7, 11) is 0. The molecule has 0 fully saturated rings. The molecule has 0 aliphatic heterocycles. The lowest BCUT2D eigenvalue weighted by Crippen LogP contribution is -2.30. The smallest absolute Gasteiger partial charge is 0.306 e. The number of carbonyl (C=O) groups is 2. The SMILES string of the molecule is CC/C=C\C/C=C\C/C=C\C/C=C\C/C=C\CCCCCC(=O)OCC(COCCCCCCCC/C=C\C/C=C\CCCCC)OC(=O)CCCCCCCCCCC/C=C\C/C=C\CCCCC. The molecule has 0 spiro atoms. The summed E-state index contributed by atoms with van der Waals surface area (Å²) >= 11 is 0. The first-order valence-corrected chi connectivity index (χ1v) is 29.4. The van der Waals surface area contributed by atoms with Crippen LogP contribution in [0.15, 0.2) is 109 Å². The first-order valence-electron chi connectivity index (χ1n) is 29.4. The van der Waals surface area contributed by atoms with Crippen LogP contribution in [0.4, 0.5) is 0 Å². The molecule has 0 rings (SSSR count). The van der Waals surface area contributed by atoms with Crippen LogP contribution in [0.3, 0.4) is 0 Å². The van der Waals surface area contributed by atoms with Crippen molar-refractivity contribution in [3.63, 3.8) is 0 Å². The van der Waals surface area contributed by atoms with Gasteiger partial charge < -0.3 is 14.2 Å². The first-order chi connectivity index (χ1) is 34.6. The largest absolute Gasteiger partial charge is 0.462 e. The zero-order valence-electron chi connectivity index (χ0n) is 46.0. The van der Waals surface area contributed by atoms with Crippen LogP contribution in [0.1, 0.15) is 265 Å². The molecule has 0 saturated carbocycles. The molecule has 5 heteroatoms. The van der Waals surface area contributed by atoms with E-state index in [0.717, 1.165) is 103 Å². The lowest BCUT2D eigenvalue weighted by atomic mass is 10.1. The average molecular weight is 972 g/mol. The Labute approximate surface area is 434 Å². The van der Waals surface area contributed by atoms with Crippen LogP contribution in [-0.2, 0) is 23.8 Å². The molecule has 0 aliphatic rings. The number of unbranched alkanes of at least 4 members (excludes halogenated alkanes) is 24. The van der Waals surface area contributed by atoms with Crippen LogP contribution in [0.2, 0.25) is 0 Å². The van der Waals surface area contributed by atoms with E-state index in [1.54, 1.807) is 0 Å². The van der Waals surface area contributed by atoms with Crippen molar-refractivity contribution in [3.8, 4) is 0 Å². The average Bonchev–Trinajstić information content (AvgIpc) is 3.36. The Hall–Kier alpha value is -3.44. The van der Waals surface area contributed by atoms with Crippen LogP contribution in [-0.4, -0.2) is 37.9 Å². The topological polar surface area (TPSA) is 61.8 Å². The lowest BCUT2D eigenvalue weighted by molar-refractivity contribution is -0.163. The highest BCUT2D eigenvalue weighted by Gasteiger charge is 2.17. The van der Waals surface area contributed by atoms with Crippen molar-refractivity contribution in [2.45, 2.75) is 271 Å². The van der Waals surface area contributed by atoms with E-state index in [2.05, 4.69) is 130 Å². The Morgan fingerprint density at radius 3 is 1.04 bits per heavy atom. The maximum atomic E-state index is 12.9. The number of ether oxygens (including phenoxy) is 3. The van der Waals surface area contributed by atoms with Crippen molar-refractivity contribution in [2.24, 2.45) is 0 Å². The number of hydrogen-bond acceptors (Lipinski definition) is 5. The predicted octanol–water partition coefficient (Wildman–Crippen LogP) is 20.3. The zero-order chi connectivity index (χ0) is 50.6. The Morgan fingerprint density at radius 2 is 0.643 bits per heavy atom. The molecular formula is C65H110O5. The van der Waals surface area contributed by atoms with Crippen LogP contribution < -0.4 is 0 Å². The van der Waals surface area contributed by atoms with Gasteiger partial charge in [0.1, 0.15) is 6.61 Å². The van der Waals surface area contributed by atoms with Crippen LogP contribution in [0.5, 0.6) is 0 Å². The summed E-state index contributed by atoms with van der Waals surface area (Å²) in [5.41, 5.74) is 0. The monoisotopic (exact) mass is 971 g/mol. The van der Waals surface area contributed by atoms with Crippen molar-refractivity contribution in [2.75, 3.05) is 19.8 Å². The Kier molecular flexibility index (Phi) is 56.9. The molecular weight excluding hydrogens is 861 g/mol. The fourth-order valence-electron chi connectivity index (χ4n) is 7.89. The highest BCUT2D eigenvalue weighted by Crippen LogP contribution is 2.14. The van der Waals surface area contributed by atoms with Gasteiger partial charge in [-0.05, 0) is 128 Å². The van der Waals surface area contributed by atoms with Crippen LogP contribution in [0, 0.1) is 0 Å². The van der Waals surface area contributed by atoms with Gasteiger partial charge in [-0.1, -0.05) is 233 Å². The van der Waals surface area contributed by atoms with Gasteiger partial charge in [-0.3, -0.25) is 9.59 Å². The van der Waals surface area contributed by atoms with Gasteiger partial charge in [0.25, 0.3) is 0 Å². The number of rotatable bonds is 53. The molecule has 0 saturated heterocycles. The van der Waals surface area contributed by atoms with E-state index < -0.39 is 6.10 Å². The van der Waals surface area contributed by atoms with E-state index in [0.29, 0.717) is 19.4 Å². The molecule has 400 valence electrons. The van der Waals surface area contributed by atoms with Crippen molar-refractivity contribution in [3.05, 3.63) is 109 Å². The summed E-state index contributed by atoms with van der Waals surface area (Å²) in [6.45, 7) is 7.61. The highest BCUT2D eigenvalue weighted by molar-refractivity contribution is 5.70. The van der Waals surface area contributed by atoms with E-state index in [9.17, 15) is 9.59 Å². The molecule has 0 N–H and O–H groups in total. The second kappa shape index (κ2) is 59.9. The summed E-state index contributed by atoms with van der Waals surface area (Å²) in [5, 5.41) is 0. The molecule has 5 nitrogen and oxygen atoms in total. The van der Waals surface area contributed by atoms with Crippen molar-refractivity contribution in [1.82, 2.24) is 0 Å². The van der Waals surface area contributed by atoms with E-state index in [1.165, 1.54) is 128 Å². The van der Waals surface area contributed by atoms with Gasteiger partial charge in [0.15, 0.2) is 6.10 Å². The molecule has 0 aromatic rings. The van der Waals surface area contributed by atoms with Gasteiger partial charge in [-0.15, -0.1) is 0 Å². The van der Waals surface area contributed by atoms with E-state index >= 15 is 0 Å². The molecule has 0 aliphatic carbocycles. The number of allylic oxidation sites excluding steroid dienone is 18. The minimum absolute atomic E-state index is 0.0567. The minimum atomic E-state index is -0.566. The van der Waals surface area contributed by atoms with Crippen LogP contribution in [0.25, 0.3) is 0 Å². The maximum absolute atomic E-state index is 12.9. The van der Waals surface area contributed by atoms with Gasteiger partial charge in [-0.25, -0.2) is 0 Å². The second-order valence-electron chi connectivity index (χ2n) is 19.2. The number of esters is 2. The van der Waals surface area contributed by atoms with Crippen molar-refractivity contribution in [1.29, 1.82) is 0 Å². The summed E-state index contributed by atoms with van der Waals surface area (Å²) in [4.78, 5) is 25.6. The van der Waals surface area contributed by atoms with Gasteiger partial charge in [0.2, 0.25) is 0 Å². The summed E-state index contributed by atoms with van der Waals surface area (Å²) < 4.78 is 17.5. The van der Waals surface area contributed by atoms with Gasteiger partial charge >= 0.3 is 11.9 Å². The third-order valence-corrected chi connectivity index (χ3v) is 12.3. The Bertz CT molecular complexity index is 1380. The molecule has 0 radical (unpaired) electrons. The molecule has 70 heavy (non-hydrogen) atoms. The predicted molar refractivity (Wildman–Crippen MR) is 306 cm³/mol. The van der Waals surface area contributed by atoms with Crippen molar-refractivity contribution < 1.29 is 23.8 Å². The molecule has 0 heterocycles. The van der Waals surface area contributed by atoms with Gasteiger partial charge in [0, 0.05) is 19.4 Å².